The Kier molecular flexibility index (Phi) is 9.50. The summed E-state index contributed by atoms with van der Waals surface area (Å²) in [5, 5.41) is 0. The largest absolute Gasteiger partial charge is 0.497 e. The minimum Gasteiger partial charge on any atom is -0.497 e. The average Bonchev–Trinajstić information content (AvgIpc) is 3.00. The average molecular weight is 556 g/mol. The number of ether oxygens (including phenoxy) is 2. The third kappa shape index (κ3) is 7.42. The molecule has 2 aliphatic rings. The topological polar surface area (TPSA) is 45.3 Å². The molecule has 0 N–H and O–H groups in total. The van der Waals surface area contributed by atoms with E-state index in [1.807, 2.05) is 55.4 Å². The minimum absolute atomic E-state index is 0.150. The Morgan fingerprint density at radius 2 is 1.71 bits per heavy atom. The molecule has 6 heteroatoms. The van der Waals surface area contributed by atoms with Gasteiger partial charge in [0.2, 0.25) is 0 Å². The van der Waals surface area contributed by atoms with Crippen molar-refractivity contribution in [2.24, 2.45) is 5.41 Å². The number of anilines is 1. The Morgan fingerprint density at radius 3 is 2.46 bits per heavy atom. The highest BCUT2D eigenvalue weighted by atomic mass is 16.5. The Bertz CT molecular complexity index is 1280. The van der Waals surface area contributed by atoms with Crippen LogP contribution in [0.1, 0.15) is 53.6 Å². The zero-order chi connectivity index (χ0) is 28.7. The number of aryl methyl sites for hydroxylation is 1. The highest BCUT2D eigenvalue weighted by Crippen LogP contribution is 2.39. The van der Waals surface area contributed by atoms with Gasteiger partial charge in [-0.1, -0.05) is 42.8 Å². The van der Waals surface area contributed by atoms with Crippen LogP contribution in [0.5, 0.6) is 11.5 Å². The fourth-order valence-corrected chi connectivity index (χ4v) is 6.40. The van der Waals surface area contributed by atoms with Gasteiger partial charge in [0.15, 0.2) is 0 Å². The van der Waals surface area contributed by atoms with Gasteiger partial charge in [0.05, 0.1) is 7.11 Å². The van der Waals surface area contributed by atoms with E-state index in [0.717, 1.165) is 81.2 Å². The van der Waals surface area contributed by atoms with E-state index in [4.69, 9.17) is 9.47 Å². The van der Waals surface area contributed by atoms with E-state index in [1.165, 1.54) is 24.0 Å². The lowest BCUT2D eigenvalue weighted by Crippen LogP contribution is -2.48. The van der Waals surface area contributed by atoms with Crippen LogP contribution in [0.25, 0.3) is 0 Å². The van der Waals surface area contributed by atoms with Crippen molar-refractivity contribution < 1.29 is 14.3 Å². The summed E-state index contributed by atoms with van der Waals surface area (Å²) in [5.74, 6) is 2.06. The smallest absolute Gasteiger partial charge is 0.253 e. The molecule has 218 valence electrons. The highest BCUT2D eigenvalue weighted by Gasteiger charge is 2.37. The molecule has 0 bridgehead atoms. The van der Waals surface area contributed by atoms with Gasteiger partial charge in [0.25, 0.3) is 5.91 Å². The Hall–Kier alpha value is -3.51. The Labute approximate surface area is 245 Å². The Morgan fingerprint density at radius 1 is 0.927 bits per heavy atom. The molecule has 0 saturated carbocycles. The molecule has 1 saturated heterocycles. The molecule has 3 aromatic rings. The number of benzene rings is 3. The first-order chi connectivity index (χ1) is 19.9. The monoisotopic (exact) mass is 555 g/mol. The van der Waals surface area contributed by atoms with Gasteiger partial charge >= 0.3 is 0 Å². The molecule has 1 amide bonds. The van der Waals surface area contributed by atoms with Crippen LogP contribution in [-0.4, -0.2) is 69.7 Å². The van der Waals surface area contributed by atoms with Gasteiger partial charge in [-0.15, -0.1) is 0 Å². The van der Waals surface area contributed by atoms with Gasteiger partial charge in [-0.3, -0.25) is 9.69 Å². The first kappa shape index (κ1) is 29.0. The number of hydrogen-bond donors (Lipinski definition) is 0. The van der Waals surface area contributed by atoms with Crippen LogP contribution in [0, 0.1) is 5.41 Å². The summed E-state index contributed by atoms with van der Waals surface area (Å²) < 4.78 is 11.7. The number of hydrogen-bond acceptors (Lipinski definition) is 5. The predicted molar refractivity (Wildman–Crippen MR) is 166 cm³/mol. The number of methoxy groups -OCH3 is 1. The summed E-state index contributed by atoms with van der Waals surface area (Å²) in [6.45, 7) is 5.03. The molecule has 0 aliphatic carbocycles. The van der Waals surface area contributed by atoms with Crippen molar-refractivity contribution in [3.05, 3.63) is 89.5 Å². The number of carbonyl (C=O) groups excluding carboxylic acids is 1. The number of likely N-dealkylation sites (tertiary alicyclic amines) is 1. The van der Waals surface area contributed by atoms with E-state index in [0.29, 0.717) is 6.61 Å². The molecular formula is C35H45N3O3. The van der Waals surface area contributed by atoms with E-state index < -0.39 is 0 Å². The van der Waals surface area contributed by atoms with Crippen molar-refractivity contribution in [1.82, 2.24) is 9.80 Å². The van der Waals surface area contributed by atoms with Gasteiger partial charge in [0.1, 0.15) is 18.1 Å². The van der Waals surface area contributed by atoms with Gasteiger partial charge in [-0.25, -0.2) is 0 Å². The van der Waals surface area contributed by atoms with Crippen LogP contribution in [0.2, 0.25) is 0 Å². The van der Waals surface area contributed by atoms with E-state index in [9.17, 15) is 4.79 Å². The maximum Gasteiger partial charge on any atom is 0.253 e. The van der Waals surface area contributed by atoms with Gasteiger partial charge in [-0.05, 0) is 85.0 Å². The first-order valence-corrected chi connectivity index (χ1v) is 15.1. The summed E-state index contributed by atoms with van der Waals surface area (Å²) in [7, 11) is 5.73. The molecular weight excluding hydrogens is 510 g/mol. The number of amides is 1. The zero-order valence-corrected chi connectivity index (χ0v) is 25.0. The lowest BCUT2D eigenvalue weighted by Gasteiger charge is -2.45. The molecule has 1 spiro atoms. The summed E-state index contributed by atoms with van der Waals surface area (Å²) >= 11 is 0. The standard InChI is InChI=1S/C35H45N3O3/c1-36(2)31-12-8-11-30(25-31)34(39)38-21-19-35(20-22-38)18-7-6-10-29-9-4-5-13-33(29)41-24-23-37(27-35)26-28-14-16-32(40-3)17-15-28/h4-5,8-9,11-17,25H,6-7,10,18-24,26-27H2,1-3H3. The van der Waals surface area contributed by atoms with Crippen LogP contribution in [-0.2, 0) is 13.0 Å². The van der Waals surface area contributed by atoms with Crippen LogP contribution >= 0.6 is 0 Å². The van der Waals surface area contributed by atoms with E-state index in [-0.39, 0.29) is 11.3 Å². The lowest BCUT2D eigenvalue weighted by molar-refractivity contribution is 0.0361. The third-order valence-corrected chi connectivity index (χ3v) is 8.89. The van der Waals surface area contributed by atoms with Crippen LogP contribution < -0.4 is 14.4 Å². The number of para-hydroxylation sites is 1. The van der Waals surface area contributed by atoms with Crippen molar-refractivity contribution in [2.75, 3.05) is 58.9 Å². The number of rotatable bonds is 5. The summed E-state index contributed by atoms with van der Waals surface area (Å²) in [6, 6.07) is 24.9. The lowest BCUT2D eigenvalue weighted by atomic mass is 9.73. The molecule has 6 nitrogen and oxygen atoms in total. The van der Waals surface area contributed by atoms with Gasteiger partial charge in [0, 0.05) is 58.1 Å². The maximum atomic E-state index is 13.5. The fraction of sp³-hybridized carbons (Fsp3) is 0.457. The third-order valence-electron chi connectivity index (χ3n) is 8.89. The highest BCUT2D eigenvalue weighted by molar-refractivity contribution is 5.95. The van der Waals surface area contributed by atoms with Crippen molar-refractivity contribution in [1.29, 1.82) is 0 Å². The molecule has 3 aromatic carbocycles. The first-order valence-electron chi connectivity index (χ1n) is 15.1. The van der Waals surface area contributed by atoms with Crippen LogP contribution in [0.4, 0.5) is 5.69 Å². The SMILES string of the molecule is COc1ccc(CN2CCOc3ccccc3CCCCC3(CCN(C(=O)c4cccc(N(C)C)c4)CC3)C2)cc1. The second-order valence-corrected chi connectivity index (χ2v) is 12.0. The summed E-state index contributed by atoms with van der Waals surface area (Å²) in [6.07, 6.45) is 6.64. The molecule has 0 aromatic heterocycles. The normalized spacial score (nSPS) is 18.0. The quantitative estimate of drug-likeness (QED) is 0.370. The maximum absolute atomic E-state index is 13.5. The molecule has 0 atom stereocenters. The fourth-order valence-electron chi connectivity index (χ4n) is 6.40. The number of fused-ring (bicyclic) bond motifs is 1. The minimum atomic E-state index is 0.150. The molecule has 1 fully saturated rings. The van der Waals surface area contributed by atoms with Crippen LogP contribution in [0.3, 0.4) is 0 Å². The number of piperidine rings is 1. The van der Waals surface area contributed by atoms with E-state index in [2.05, 4.69) is 46.2 Å². The molecule has 5 rings (SSSR count). The zero-order valence-electron chi connectivity index (χ0n) is 25.0. The summed E-state index contributed by atoms with van der Waals surface area (Å²) in [5.41, 5.74) is 4.61. The molecule has 2 aliphatic heterocycles. The Balaban J connectivity index is 1.32. The predicted octanol–water partition coefficient (Wildman–Crippen LogP) is 6.29. The molecule has 0 radical (unpaired) electrons. The molecule has 41 heavy (non-hydrogen) atoms. The molecule has 0 unspecified atom stereocenters. The van der Waals surface area contributed by atoms with Gasteiger partial charge < -0.3 is 19.3 Å². The van der Waals surface area contributed by atoms with Crippen molar-refractivity contribution in [2.45, 2.75) is 45.1 Å². The van der Waals surface area contributed by atoms with E-state index >= 15 is 0 Å². The second-order valence-electron chi connectivity index (χ2n) is 12.0. The van der Waals surface area contributed by atoms with E-state index in [1.54, 1.807) is 7.11 Å². The van der Waals surface area contributed by atoms with Crippen molar-refractivity contribution in [3.8, 4) is 11.5 Å². The van der Waals surface area contributed by atoms with Gasteiger partial charge in [-0.2, -0.15) is 0 Å². The van der Waals surface area contributed by atoms with Crippen molar-refractivity contribution in [3.63, 3.8) is 0 Å². The molecule has 2 heterocycles. The number of nitrogens with zero attached hydrogens (tertiary/aromatic N) is 3. The second kappa shape index (κ2) is 13.4. The number of carbonyl (C=O) groups is 1. The van der Waals surface area contributed by atoms with Crippen molar-refractivity contribution >= 4 is 11.6 Å². The van der Waals surface area contributed by atoms with Crippen LogP contribution in [0.15, 0.2) is 72.8 Å². The summed E-state index contributed by atoms with van der Waals surface area (Å²) in [4.78, 5) is 20.2.